The molecule has 2 fully saturated rings. The molecule has 0 spiro atoms. The Hall–Kier alpha value is -1.87. The van der Waals surface area contributed by atoms with Gasteiger partial charge in [0.25, 0.3) is 0 Å². The highest BCUT2D eigenvalue weighted by atomic mass is 35.5. The molecule has 2 N–H and O–H groups in total. The Balaban J connectivity index is 1.45. The van der Waals surface area contributed by atoms with E-state index in [1.165, 1.54) is 0 Å². The molecule has 2 aliphatic rings. The molecule has 4 rings (SSSR count). The van der Waals surface area contributed by atoms with Crippen LogP contribution in [0.2, 0.25) is 5.02 Å². The zero-order valence-corrected chi connectivity index (χ0v) is 17.6. The van der Waals surface area contributed by atoms with E-state index in [9.17, 15) is 10.2 Å². The number of aliphatic hydroxyl groups excluding tert-OH is 2. The molecule has 0 aromatic heterocycles. The minimum atomic E-state index is -0.468. The van der Waals surface area contributed by atoms with E-state index in [-0.39, 0.29) is 18.8 Å². The number of hydrogen-bond acceptors (Lipinski definition) is 4. The van der Waals surface area contributed by atoms with Crippen LogP contribution in [0, 0.1) is 17.8 Å². The van der Waals surface area contributed by atoms with Crippen LogP contribution in [0.4, 0.5) is 0 Å². The molecule has 0 amide bonds. The maximum Gasteiger partial charge on any atom is 0.0854 e. The van der Waals surface area contributed by atoms with Crippen LogP contribution >= 0.6 is 11.6 Å². The van der Waals surface area contributed by atoms with Crippen molar-refractivity contribution in [3.05, 3.63) is 69.7 Å². The Labute approximate surface area is 182 Å². The second-order valence-electron chi connectivity index (χ2n) is 8.11. The quantitative estimate of drug-likeness (QED) is 0.728. The lowest BCUT2D eigenvalue weighted by Gasteiger charge is -2.32. The van der Waals surface area contributed by atoms with E-state index in [2.05, 4.69) is 24.0 Å². The van der Waals surface area contributed by atoms with Crippen LogP contribution in [0.3, 0.4) is 0 Å². The van der Waals surface area contributed by atoms with Gasteiger partial charge in [0.15, 0.2) is 0 Å². The number of hydrogen-bond donors (Lipinski definition) is 2. The molecule has 158 valence electrons. The molecule has 5 heteroatoms. The molecule has 4 nitrogen and oxygen atoms in total. The third-order valence-electron chi connectivity index (χ3n) is 5.72. The first-order valence-corrected chi connectivity index (χ1v) is 10.9. The van der Waals surface area contributed by atoms with E-state index in [1.54, 1.807) is 0 Å². The summed E-state index contributed by atoms with van der Waals surface area (Å²) in [5, 5.41) is 20.2. The fraction of sp³-hybridized carbons (Fsp3) is 0.440. The van der Waals surface area contributed by atoms with E-state index in [1.807, 2.05) is 30.3 Å². The smallest absolute Gasteiger partial charge is 0.0854 e. The van der Waals surface area contributed by atoms with Gasteiger partial charge in [-0.05, 0) is 47.7 Å². The summed E-state index contributed by atoms with van der Waals surface area (Å²) in [5.41, 5.74) is 4.15. The van der Waals surface area contributed by atoms with Crippen LogP contribution < -0.4 is 0 Å². The summed E-state index contributed by atoms with van der Waals surface area (Å²) in [6.45, 7) is 1.46. The Bertz CT molecular complexity index is 909. The van der Waals surface area contributed by atoms with Crippen LogP contribution in [0.1, 0.15) is 47.6 Å². The van der Waals surface area contributed by atoms with E-state index in [0.29, 0.717) is 30.2 Å². The number of halogens is 1. The van der Waals surface area contributed by atoms with Crippen LogP contribution in [0.5, 0.6) is 0 Å². The van der Waals surface area contributed by atoms with Crippen LogP contribution in [0.15, 0.2) is 42.5 Å². The Morgan fingerprint density at radius 3 is 2.67 bits per heavy atom. The van der Waals surface area contributed by atoms with Gasteiger partial charge in [0, 0.05) is 36.0 Å². The SMILES string of the molecule is OC[C@@H]1C[C@H](O)C[C@H](c2ccc(Cl)c(Cc3ccc(C#CC4CCOC4)cc3)c2)O1. The zero-order valence-electron chi connectivity index (χ0n) is 16.9. The fourth-order valence-corrected chi connectivity index (χ4v) is 4.20. The lowest BCUT2D eigenvalue weighted by atomic mass is 9.94. The predicted octanol–water partition coefficient (Wildman–Crippen LogP) is 3.89. The molecular weight excluding hydrogens is 400 g/mol. The first kappa shape index (κ1) is 21.4. The Morgan fingerprint density at radius 2 is 1.93 bits per heavy atom. The average Bonchev–Trinajstić information content (AvgIpc) is 3.28. The molecule has 2 aromatic rings. The van der Waals surface area contributed by atoms with Crippen molar-refractivity contribution in [1.29, 1.82) is 0 Å². The van der Waals surface area contributed by atoms with Crippen LogP contribution in [-0.4, -0.2) is 42.2 Å². The van der Waals surface area contributed by atoms with Crippen LogP contribution in [0.25, 0.3) is 0 Å². The molecule has 0 radical (unpaired) electrons. The highest BCUT2D eigenvalue weighted by molar-refractivity contribution is 6.31. The molecule has 2 aliphatic heterocycles. The highest BCUT2D eigenvalue weighted by Gasteiger charge is 2.29. The highest BCUT2D eigenvalue weighted by Crippen LogP contribution is 2.33. The van der Waals surface area contributed by atoms with Crippen molar-refractivity contribution in [1.82, 2.24) is 0 Å². The van der Waals surface area contributed by atoms with Gasteiger partial charge < -0.3 is 19.7 Å². The summed E-state index contributed by atoms with van der Waals surface area (Å²) in [5.74, 6) is 6.87. The van der Waals surface area contributed by atoms with Crippen molar-refractivity contribution >= 4 is 11.6 Å². The van der Waals surface area contributed by atoms with E-state index >= 15 is 0 Å². The zero-order chi connectivity index (χ0) is 20.9. The monoisotopic (exact) mass is 426 g/mol. The molecule has 1 unspecified atom stereocenters. The van der Waals surface area contributed by atoms with E-state index in [4.69, 9.17) is 21.1 Å². The minimum absolute atomic E-state index is 0.0863. The number of ether oxygens (including phenoxy) is 2. The Kier molecular flexibility index (Phi) is 7.09. The van der Waals surface area contributed by atoms with Gasteiger partial charge in [0.05, 0.1) is 31.5 Å². The molecule has 4 atom stereocenters. The molecule has 30 heavy (non-hydrogen) atoms. The Morgan fingerprint density at radius 1 is 1.10 bits per heavy atom. The second-order valence-corrected chi connectivity index (χ2v) is 8.52. The van der Waals surface area contributed by atoms with E-state index < -0.39 is 6.10 Å². The molecular formula is C25H27ClO4. The predicted molar refractivity (Wildman–Crippen MR) is 116 cm³/mol. The van der Waals surface area contributed by atoms with Gasteiger partial charge in [0.2, 0.25) is 0 Å². The number of aliphatic hydroxyl groups is 2. The molecule has 2 saturated heterocycles. The van der Waals surface area contributed by atoms with Gasteiger partial charge in [-0.3, -0.25) is 0 Å². The van der Waals surface area contributed by atoms with Crippen molar-refractivity contribution in [3.63, 3.8) is 0 Å². The molecule has 2 aromatic carbocycles. The maximum atomic E-state index is 10.1. The van der Waals surface area contributed by atoms with Gasteiger partial charge in [-0.1, -0.05) is 47.7 Å². The van der Waals surface area contributed by atoms with Crippen molar-refractivity contribution in [2.24, 2.45) is 5.92 Å². The summed E-state index contributed by atoms with van der Waals surface area (Å²) in [6, 6.07) is 14.1. The first-order valence-electron chi connectivity index (χ1n) is 10.5. The van der Waals surface area contributed by atoms with E-state index in [0.717, 1.165) is 41.9 Å². The summed E-state index contributed by atoms with van der Waals surface area (Å²) in [6.07, 6.45) is 1.68. The summed E-state index contributed by atoms with van der Waals surface area (Å²) in [7, 11) is 0. The second kappa shape index (κ2) is 9.96. The normalized spacial score (nSPS) is 26.2. The number of benzene rings is 2. The van der Waals surface area contributed by atoms with Gasteiger partial charge >= 0.3 is 0 Å². The lowest BCUT2D eigenvalue weighted by molar-refractivity contribution is -0.113. The molecule has 2 heterocycles. The summed E-state index contributed by atoms with van der Waals surface area (Å²) in [4.78, 5) is 0. The molecule has 0 bridgehead atoms. The summed E-state index contributed by atoms with van der Waals surface area (Å²) < 4.78 is 11.3. The topological polar surface area (TPSA) is 58.9 Å². The molecule has 0 saturated carbocycles. The average molecular weight is 427 g/mol. The molecule has 0 aliphatic carbocycles. The van der Waals surface area contributed by atoms with Gasteiger partial charge in [-0.15, -0.1) is 0 Å². The minimum Gasteiger partial charge on any atom is -0.394 e. The van der Waals surface area contributed by atoms with Gasteiger partial charge in [0.1, 0.15) is 0 Å². The van der Waals surface area contributed by atoms with Crippen molar-refractivity contribution < 1.29 is 19.7 Å². The number of rotatable bonds is 4. The third-order valence-corrected chi connectivity index (χ3v) is 6.09. The fourth-order valence-electron chi connectivity index (χ4n) is 4.01. The first-order chi connectivity index (χ1) is 14.6. The van der Waals surface area contributed by atoms with Gasteiger partial charge in [-0.2, -0.15) is 0 Å². The van der Waals surface area contributed by atoms with Gasteiger partial charge in [-0.25, -0.2) is 0 Å². The lowest BCUT2D eigenvalue weighted by Crippen LogP contribution is -2.33. The maximum absolute atomic E-state index is 10.1. The van der Waals surface area contributed by atoms with Crippen molar-refractivity contribution in [2.75, 3.05) is 19.8 Å². The standard InChI is InChI=1S/C25H27ClO4/c26-24-8-7-20(25-14-22(28)13-23(15-27)30-25)12-21(24)11-18-4-1-17(2-5-18)3-6-19-9-10-29-16-19/h1-2,4-5,7-8,12,19,22-23,25,27-28H,9-11,13-16H2/t19?,22-,23-,25+/m0/s1. The van der Waals surface area contributed by atoms with Crippen molar-refractivity contribution in [2.45, 2.75) is 44.0 Å². The van der Waals surface area contributed by atoms with Crippen LogP contribution in [-0.2, 0) is 15.9 Å². The van der Waals surface area contributed by atoms with Crippen molar-refractivity contribution in [3.8, 4) is 11.8 Å². The third kappa shape index (κ3) is 5.43. The summed E-state index contributed by atoms with van der Waals surface area (Å²) >= 11 is 6.46. The largest absolute Gasteiger partial charge is 0.394 e.